The molecular weight excluding hydrogens is 1520 g/mol. The molecule has 38 heteroatoms. The minimum atomic E-state index is -1.81. The first-order chi connectivity index (χ1) is 54.0. The number of benzene rings is 1. The van der Waals surface area contributed by atoms with Crippen molar-refractivity contribution in [2.45, 2.75) is 285 Å². The zero-order valence-electron chi connectivity index (χ0n) is 66.5. The number of thioether (sulfide) groups is 2. The van der Waals surface area contributed by atoms with Crippen molar-refractivity contribution in [3.05, 3.63) is 35.4 Å². The van der Waals surface area contributed by atoms with Gasteiger partial charge in [-0.15, -0.1) is 0 Å². The molecule has 3 saturated heterocycles. The van der Waals surface area contributed by atoms with E-state index in [1.807, 2.05) is 18.2 Å². The van der Waals surface area contributed by atoms with Gasteiger partial charge in [0.2, 0.25) is 76.8 Å². The fourth-order valence-electron chi connectivity index (χ4n) is 15.4. The van der Waals surface area contributed by atoms with Gasteiger partial charge < -0.3 is 116 Å². The minimum Gasteiger partial charge on any atom is -0.481 e. The minimum absolute atomic E-state index is 0.0222. The standard InChI is InChI=1S/C76H123N17O19S2/c1-9-51-66(103)91-61(40(4)95)74(111)90-57(63(77)101)35-113-33-44-12-10-13-45(26-44)34-114-36-58(83-41(5)96)72(109)93-62(76(6,7)8)75(112)89-54(28-43-17-21-49(98)22-18-43)70(107)87-56(30-47-32-78-37-81-47)71(108)92-60(39(3)94)73(110)88-55(29-46-31-80-64-50(46)14-11-25-79-64)68(105)82-38(2)65(102)85-52(23-24-59(99)100)67(104)86-53(69(106)84-51)27-42-15-19-48(97)20-16-42/h10,12-13,26,38-40,42-43,46-58,60-62,64,78-81,94-95,97-98H,9,11,14-25,27-37H2,1-8H3,(H2,77,101)(H,82,105)(H,83,96)(H,84,106)(H,85,102)(H,86,104)(H,87,107)(H,88,110)(H,89,112)(H,90,111)(H,91,103)(H,92,108)(H,93,109)(H,99,100)/t38-,39+,40+,42?,43?,46?,47?,48?,49?,50?,51-,52-,53-,54-,55-,56-,57-,58-,60-,61-,62+,64?/m0/s1. The number of piperidine rings is 1. The Labute approximate surface area is 674 Å². The average Bonchev–Trinajstić information content (AvgIpc) is 1.61. The van der Waals surface area contributed by atoms with Crippen LogP contribution >= 0.6 is 23.5 Å². The van der Waals surface area contributed by atoms with Crippen LogP contribution in [0, 0.1) is 29.1 Å². The molecule has 6 aliphatic rings. The zero-order valence-corrected chi connectivity index (χ0v) is 68.2. The number of nitrogens with one attached hydrogen (secondary N) is 16. The lowest BCUT2D eigenvalue weighted by Crippen LogP contribution is -2.63. The number of carboxylic acids is 1. The van der Waals surface area contributed by atoms with Crippen molar-refractivity contribution in [3.63, 3.8) is 0 Å². The maximum Gasteiger partial charge on any atom is 0.303 e. The van der Waals surface area contributed by atoms with Gasteiger partial charge >= 0.3 is 5.97 Å². The molecule has 0 spiro atoms. The van der Waals surface area contributed by atoms with E-state index in [0.717, 1.165) is 30.5 Å². The van der Waals surface area contributed by atoms with Crippen LogP contribution in [0.5, 0.6) is 0 Å². The number of carbonyl (C=O) groups excluding carboxylic acids is 13. The van der Waals surface area contributed by atoms with E-state index in [1.54, 1.807) is 26.8 Å². The topological polar surface area (TPSA) is 559 Å². The van der Waals surface area contributed by atoms with E-state index in [9.17, 15) is 83.1 Å². The van der Waals surface area contributed by atoms with Gasteiger partial charge in [0, 0.05) is 55.6 Å². The molecule has 5 fully saturated rings. The van der Waals surface area contributed by atoms with Crippen LogP contribution in [0.1, 0.15) is 176 Å². The van der Waals surface area contributed by atoms with E-state index < -0.39 is 204 Å². The summed E-state index contributed by atoms with van der Waals surface area (Å²) in [5.41, 5.74) is 6.35. The van der Waals surface area contributed by atoms with Crippen LogP contribution in [-0.4, -0.2) is 255 Å². The number of carbonyl (C=O) groups is 14. The number of aliphatic hydroxyl groups is 4. The quantitative estimate of drug-likeness (QED) is 0.0758. The molecule has 13 amide bonds. The number of primary amides is 1. The summed E-state index contributed by atoms with van der Waals surface area (Å²) in [6.45, 7) is 13.4. The maximum atomic E-state index is 15.1. The van der Waals surface area contributed by atoms with Crippen molar-refractivity contribution in [2.75, 3.05) is 37.8 Å². The van der Waals surface area contributed by atoms with Gasteiger partial charge in [-0.25, -0.2) is 0 Å². The van der Waals surface area contributed by atoms with Gasteiger partial charge in [0.15, 0.2) is 0 Å². The van der Waals surface area contributed by atoms with Crippen molar-refractivity contribution in [1.29, 1.82) is 0 Å². The summed E-state index contributed by atoms with van der Waals surface area (Å²) in [4.78, 5) is 199. The van der Waals surface area contributed by atoms with Crippen LogP contribution < -0.4 is 90.8 Å². The summed E-state index contributed by atoms with van der Waals surface area (Å²) in [5, 5.41) is 98.4. The Balaban J connectivity index is 1.23. The number of nitrogens with two attached hydrogens (primary N) is 1. The van der Waals surface area contributed by atoms with Crippen LogP contribution in [-0.2, 0) is 78.6 Å². The van der Waals surface area contributed by atoms with E-state index in [2.05, 4.69) is 85.1 Å². The highest BCUT2D eigenvalue weighted by Crippen LogP contribution is 2.33. The summed E-state index contributed by atoms with van der Waals surface area (Å²) in [6.07, 6.45) is -1.21. The lowest BCUT2D eigenvalue weighted by Gasteiger charge is -2.34. The van der Waals surface area contributed by atoms with Gasteiger partial charge in [0.1, 0.15) is 72.5 Å². The van der Waals surface area contributed by atoms with E-state index >= 15 is 9.59 Å². The van der Waals surface area contributed by atoms with Crippen LogP contribution in [0.15, 0.2) is 24.3 Å². The first kappa shape index (κ1) is 93.3. The van der Waals surface area contributed by atoms with Gasteiger partial charge in [-0.05, 0) is 177 Å². The van der Waals surface area contributed by atoms with Crippen molar-refractivity contribution < 1.29 is 92.7 Å². The summed E-state index contributed by atoms with van der Waals surface area (Å²) >= 11 is 2.53. The highest BCUT2D eigenvalue weighted by Gasteiger charge is 2.44. The van der Waals surface area contributed by atoms with Crippen LogP contribution in [0.2, 0.25) is 0 Å². The van der Waals surface area contributed by atoms with Gasteiger partial charge in [-0.1, -0.05) is 52.0 Å². The first-order valence-corrected chi connectivity index (χ1v) is 42.3. The molecule has 114 heavy (non-hydrogen) atoms. The molecule has 4 heterocycles. The Morgan fingerprint density at radius 2 is 1.05 bits per heavy atom. The fraction of sp³-hybridized carbons (Fsp3) is 0.737. The number of amides is 13. The third-order valence-electron chi connectivity index (χ3n) is 22.0. The molecular formula is C76H123N17O19S2. The Kier molecular flexibility index (Phi) is 36.9. The Bertz CT molecular complexity index is 3480. The highest BCUT2D eigenvalue weighted by molar-refractivity contribution is 7.98. The largest absolute Gasteiger partial charge is 0.481 e. The number of aliphatic hydroxyl groups excluding tert-OH is 4. The summed E-state index contributed by atoms with van der Waals surface area (Å²) in [7, 11) is 0. The average molecular weight is 1640 g/mol. The molecule has 2 bridgehead atoms. The molecule has 4 aliphatic heterocycles. The Hall–Kier alpha value is -7.82. The second-order valence-electron chi connectivity index (χ2n) is 32.5. The van der Waals surface area contributed by atoms with Crippen LogP contribution in [0.3, 0.4) is 0 Å². The SMILES string of the molecule is CC[C@@H]1NC(=O)[C@H](CC2CCC(O)CC2)NC(=O)[C@H](CCC(=O)O)NC(=O)[C@H](C)NC(=O)[C@H](CC2CNC3NCCCC23)NC(=O)[C@H]([C@@H](C)O)NC(=O)[C@H](CC2CNCN2)NC(=O)[C@H](CC2CCC(O)CC2)NC(=O)[C@H](C(C)(C)C)NC(=O)[C@@H](NC(C)=O)CSCc2cccc(c2)CSC[C@@H](C(N)=O)NC(=O)[C@H]([C@@H](C)O)NC1=O. The third-order valence-corrected chi connectivity index (χ3v) is 24.3. The lowest BCUT2D eigenvalue weighted by molar-refractivity contribution is -0.139. The first-order valence-electron chi connectivity index (χ1n) is 40.0. The normalized spacial score (nSPS) is 32.9. The van der Waals surface area contributed by atoms with E-state index in [4.69, 9.17) is 5.73 Å². The molecule has 1 aromatic rings. The second kappa shape index (κ2) is 45.1. The predicted molar refractivity (Wildman–Crippen MR) is 423 cm³/mol. The molecule has 2 saturated carbocycles. The number of hydrogen-bond donors (Lipinski definition) is 22. The molecule has 36 nitrogen and oxygen atoms in total. The molecule has 4 unspecified atom stereocenters. The van der Waals surface area contributed by atoms with Gasteiger partial charge in [-0.2, -0.15) is 23.5 Å². The van der Waals surface area contributed by atoms with E-state index in [0.29, 0.717) is 82.6 Å². The maximum absolute atomic E-state index is 15.1. The van der Waals surface area contributed by atoms with Gasteiger partial charge in [0.05, 0.1) is 30.6 Å². The fourth-order valence-corrected chi connectivity index (χ4v) is 17.4. The van der Waals surface area contributed by atoms with Crippen LogP contribution in [0.25, 0.3) is 0 Å². The highest BCUT2D eigenvalue weighted by atomic mass is 32.2. The van der Waals surface area contributed by atoms with E-state index in [-0.39, 0.29) is 73.4 Å². The molecule has 0 aromatic heterocycles. The summed E-state index contributed by atoms with van der Waals surface area (Å²) in [5.74, 6) is -13.2. The molecule has 0 radical (unpaired) electrons. The van der Waals surface area contributed by atoms with Crippen molar-refractivity contribution in [2.24, 2.45) is 34.8 Å². The summed E-state index contributed by atoms with van der Waals surface area (Å²) < 4.78 is 0. The lowest BCUT2D eigenvalue weighted by atomic mass is 9.82. The monoisotopic (exact) mass is 1640 g/mol. The van der Waals surface area contributed by atoms with Crippen molar-refractivity contribution in [3.8, 4) is 0 Å². The predicted octanol–water partition coefficient (Wildman–Crippen LogP) is -3.68. The zero-order chi connectivity index (χ0) is 83.7. The third kappa shape index (κ3) is 29.4. The number of carboxylic acid groups (broad SMARTS) is 1. The second-order valence-corrected chi connectivity index (χ2v) is 34.6. The number of fused-ring (bicyclic) bond motifs is 3. The molecule has 638 valence electrons. The number of aliphatic carboxylic acids is 1. The molecule has 1 aromatic carbocycles. The number of hydrogen-bond acceptors (Lipinski definition) is 24. The molecule has 7 rings (SSSR count). The molecule has 18 atom stereocenters. The summed E-state index contributed by atoms with van der Waals surface area (Å²) in [6, 6.07) is -10.9. The van der Waals surface area contributed by atoms with Crippen molar-refractivity contribution in [1.82, 2.24) is 85.1 Å². The number of rotatable bonds is 16. The van der Waals surface area contributed by atoms with Gasteiger partial charge in [0.25, 0.3) is 0 Å². The molecule has 2 aliphatic carbocycles. The van der Waals surface area contributed by atoms with Crippen LogP contribution in [0.4, 0.5) is 0 Å². The van der Waals surface area contributed by atoms with Gasteiger partial charge in [-0.3, -0.25) is 67.1 Å². The molecule has 23 N–H and O–H groups in total. The van der Waals surface area contributed by atoms with Crippen molar-refractivity contribution >= 4 is 106 Å². The Morgan fingerprint density at radius 3 is 1.58 bits per heavy atom. The Morgan fingerprint density at radius 1 is 0.561 bits per heavy atom. The smallest absolute Gasteiger partial charge is 0.303 e. The van der Waals surface area contributed by atoms with E-state index in [1.165, 1.54) is 58.1 Å².